The number of benzene rings is 1. The van der Waals surface area contributed by atoms with Gasteiger partial charge in [-0.05, 0) is 45.4 Å². The topological polar surface area (TPSA) is 86.7 Å². The summed E-state index contributed by atoms with van der Waals surface area (Å²) in [5.74, 6) is -10.0. The minimum Gasteiger partial charge on any atom is -0.465 e. The van der Waals surface area contributed by atoms with Gasteiger partial charge >= 0.3 is 11.9 Å². The van der Waals surface area contributed by atoms with Crippen LogP contribution in [-0.2, 0) is 28.7 Å². The number of hydrogen-bond donors (Lipinski definition) is 0. The van der Waals surface area contributed by atoms with Crippen LogP contribution in [0.2, 0.25) is 0 Å². The predicted molar refractivity (Wildman–Crippen MR) is 90.7 cm³/mol. The zero-order valence-electron chi connectivity index (χ0n) is 15.6. The van der Waals surface area contributed by atoms with Crippen molar-refractivity contribution in [3.05, 3.63) is 35.4 Å². The highest BCUT2D eigenvalue weighted by Crippen LogP contribution is 2.36. The first-order valence-corrected chi connectivity index (χ1v) is 8.44. The van der Waals surface area contributed by atoms with Crippen LogP contribution in [0.4, 0.5) is 8.78 Å². The summed E-state index contributed by atoms with van der Waals surface area (Å²) in [7, 11) is 0. The van der Waals surface area contributed by atoms with E-state index in [0.717, 1.165) is 26.0 Å². The smallest absolute Gasteiger partial charge is 0.317 e. The van der Waals surface area contributed by atoms with Crippen molar-refractivity contribution >= 4 is 23.5 Å². The fraction of sp³-hybridized carbons (Fsp3) is 0.474. The second-order valence-electron chi connectivity index (χ2n) is 5.91. The van der Waals surface area contributed by atoms with Gasteiger partial charge in [-0.2, -0.15) is 0 Å². The molecule has 0 spiro atoms. The second-order valence-corrected chi connectivity index (χ2v) is 5.91. The van der Waals surface area contributed by atoms with E-state index >= 15 is 0 Å². The molecule has 0 aliphatic carbocycles. The molecule has 27 heavy (non-hydrogen) atoms. The Morgan fingerprint density at radius 2 is 1.19 bits per heavy atom. The maximum atomic E-state index is 13.8. The summed E-state index contributed by atoms with van der Waals surface area (Å²) in [5.41, 5.74) is -0.186. The number of carbonyl (C=O) groups excluding carboxylic acids is 4. The average Bonchev–Trinajstić information content (AvgIpc) is 2.53. The molecule has 1 aromatic rings. The van der Waals surface area contributed by atoms with Crippen LogP contribution in [0.5, 0.6) is 0 Å². The maximum absolute atomic E-state index is 13.8. The Morgan fingerprint density at radius 3 is 1.48 bits per heavy atom. The molecule has 1 aromatic carbocycles. The van der Waals surface area contributed by atoms with Crippen LogP contribution in [0.1, 0.15) is 39.2 Å². The highest BCUT2D eigenvalue weighted by atomic mass is 19.1. The molecular formula is C19H22F2O6. The van der Waals surface area contributed by atoms with E-state index in [4.69, 9.17) is 9.47 Å². The maximum Gasteiger partial charge on any atom is 0.317 e. The van der Waals surface area contributed by atoms with E-state index < -0.39 is 52.9 Å². The van der Waals surface area contributed by atoms with Gasteiger partial charge in [0.25, 0.3) is 0 Å². The van der Waals surface area contributed by atoms with Gasteiger partial charge < -0.3 is 9.47 Å². The number of Topliss-reactive ketones (excluding diaryl/α,β-unsaturated/α-hetero) is 2. The minimum atomic E-state index is -1.61. The van der Waals surface area contributed by atoms with Gasteiger partial charge in [-0.3, -0.25) is 19.2 Å². The van der Waals surface area contributed by atoms with E-state index in [1.165, 1.54) is 13.8 Å². The van der Waals surface area contributed by atoms with E-state index in [0.29, 0.717) is 6.07 Å². The fourth-order valence-corrected chi connectivity index (χ4v) is 2.94. The van der Waals surface area contributed by atoms with Crippen LogP contribution >= 0.6 is 0 Å². The molecule has 0 heterocycles. The predicted octanol–water partition coefficient (Wildman–Crippen LogP) is 2.59. The molecule has 1 unspecified atom stereocenters. The van der Waals surface area contributed by atoms with Crippen molar-refractivity contribution in [3.63, 3.8) is 0 Å². The van der Waals surface area contributed by atoms with Gasteiger partial charge in [0.15, 0.2) is 0 Å². The van der Waals surface area contributed by atoms with Crippen LogP contribution in [0.3, 0.4) is 0 Å². The lowest BCUT2D eigenvalue weighted by atomic mass is 9.73. The normalized spacial score (nSPS) is 14.0. The van der Waals surface area contributed by atoms with Gasteiger partial charge in [-0.15, -0.1) is 0 Å². The molecule has 0 aromatic heterocycles. The van der Waals surface area contributed by atoms with Crippen molar-refractivity contribution < 1.29 is 37.4 Å². The van der Waals surface area contributed by atoms with Crippen molar-refractivity contribution in [1.29, 1.82) is 0 Å². The van der Waals surface area contributed by atoms with Gasteiger partial charge in [0.05, 0.1) is 13.2 Å². The van der Waals surface area contributed by atoms with E-state index in [9.17, 15) is 28.0 Å². The molecule has 0 aliphatic rings. The van der Waals surface area contributed by atoms with E-state index in [-0.39, 0.29) is 18.8 Å². The van der Waals surface area contributed by atoms with Gasteiger partial charge in [-0.1, -0.05) is 0 Å². The quantitative estimate of drug-likeness (QED) is 0.480. The van der Waals surface area contributed by atoms with Crippen molar-refractivity contribution in [1.82, 2.24) is 0 Å². The first-order valence-electron chi connectivity index (χ1n) is 8.44. The molecule has 148 valence electrons. The lowest BCUT2D eigenvalue weighted by Gasteiger charge is -2.29. The van der Waals surface area contributed by atoms with Crippen molar-refractivity contribution in [2.75, 3.05) is 13.2 Å². The molecule has 0 aliphatic heterocycles. The number of esters is 2. The largest absolute Gasteiger partial charge is 0.465 e. The molecule has 3 atom stereocenters. The van der Waals surface area contributed by atoms with E-state index in [2.05, 4.69) is 0 Å². The highest BCUT2D eigenvalue weighted by Gasteiger charge is 2.45. The molecule has 0 amide bonds. The summed E-state index contributed by atoms with van der Waals surface area (Å²) in [4.78, 5) is 49.2. The van der Waals surface area contributed by atoms with Gasteiger partial charge in [-0.25, -0.2) is 8.78 Å². The third-order valence-electron chi connectivity index (χ3n) is 3.95. The Balaban J connectivity index is 3.67. The molecule has 0 fully saturated rings. The number of ether oxygens (including phenoxy) is 2. The first kappa shape index (κ1) is 22.4. The van der Waals surface area contributed by atoms with Crippen LogP contribution in [0.25, 0.3) is 0 Å². The summed E-state index contributed by atoms with van der Waals surface area (Å²) in [6, 6.07) is 2.34. The van der Waals surface area contributed by atoms with E-state index in [1.807, 2.05) is 0 Å². The third-order valence-corrected chi connectivity index (χ3v) is 3.95. The number of carbonyl (C=O) groups is 4. The molecule has 6 nitrogen and oxygen atoms in total. The standard InChI is InChI=1S/C19H22F2O6/c1-5-26-18(24)15(10(3)22)17(12-7-13(20)9-14(21)8-12)16(11(4)23)19(25)27-6-2/h7-9,15-17H,5-6H2,1-4H3/t15-,16+,17?. The van der Waals surface area contributed by atoms with E-state index in [1.54, 1.807) is 0 Å². The van der Waals surface area contributed by atoms with Crippen LogP contribution in [-0.4, -0.2) is 36.7 Å². The first-order chi connectivity index (χ1) is 12.6. The lowest BCUT2D eigenvalue weighted by Crippen LogP contribution is -2.40. The zero-order chi connectivity index (χ0) is 20.7. The Morgan fingerprint density at radius 1 is 0.815 bits per heavy atom. The van der Waals surface area contributed by atoms with Gasteiger partial charge in [0.2, 0.25) is 0 Å². The third kappa shape index (κ3) is 5.67. The average molecular weight is 384 g/mol. The summed E-state index contributed by atoms with van der Waals surface area (Å²) in [6.07, 6.45) is 0. The minimum absolute atomic E-state index is 0.0585. The number of rotatable bonds is 9. The molecule has 1 rings (SSSR count). The van der Waals surface area contributed by atoms with Crippen molar-refractivity contribution in [3.8, 4) is 0 Å². The highest BCUT2D eigenvalue weighted by molar-refractivity contribution is 6.04. The molecule has 0 saturated carbocycles. The Labute approximate surface area is 155 Å². The number of hydrogen-bond acceptors (Lipinski definition) is 6. The molecule has 8 heteroatoms. The Bertz CT molecular complexity index is 675. The second kappa shape index (κ2) is 9.89. The molecular weight excluding hydrogens is 362 g/mol. The summed E-state index contributed by atoms with van der Waals surface area (Å²) < 4.78 is 37.3. The summed E-state index contributed by atoms with van der Waals surface area (Å²) in [5, 5.41) is 0. The lowest BCUT2D eigenvalue weighted by molar-refractivity contribution is -0.157. The molecule has 0 bridgehead atoms. The van der Waals surface area contributed by atoms with Gasteiger partial charge in [0, 0.05) is 12.0 Å². The van der Waals surface area contributed by atoms with Crippen molar-refractivity contribution in [2.24, 2.45) is 11.8 Å². The monoisotopic (exact) mass is 384 g/mol. The SMILES string of the molecule is CCOC(=O)[C@@H](C(C)=O)C(c1cc(F)cc(F)c1)[C@@H](C(C)=O)C(=O)OCC. The number of ketones is 2. The summed E-state index contributed by atoms with van der Waals surface area (Å²) in [6.45, 7) is 5.06. The Hall–Kier alpha value is -2.64. The Kier molecular flexibility index (Phi) is 8.21. The fourth-order valence-electron chi connectivity index (χ4n) is 2.94. The molecule has 0 N–H and O–H groups in total. The summed E-state index contributed by atoms with van der Waals surface area (Å²) >= 11 is 0. The van der Waals surface area contributed by atoms with Gasteiger partial charge in [0.1, 0.15) is 35.0 Å². The number of halogens is 2. The van der Waals surface area contributed by atoms with Crippen LogP contribution < -0.4 is 0 Å². The molecule has 0 radical (unpaired) electrons. The zero-order valence-corrected chi connectivity index (χ0v) is 15.6. The van der Waals surface area contributed by atoms with Crippen LogP contribution in [0, 0.1) is 23.5 Å². The van der Waals surface area contributed by atoms with Crippen molar-refractivity contribution in [2.45, 2.75) is 33.6 Å². The molecule has 0 saturated heterocycles. The van der Waals surface area contributed by atoms with Crippen LogP contribution in [0.15, 0.2) is 18.2 Å².